The summed E-state index contributed by atoms with van der Waals surface area (Å²) >= 11 is 6.53. The quantitative estimate of drug-likeness (QED) is 0.183. The van der Waals surface area contributed by atoms with Crippen LogP contribution in [0.5, 0.6) is 5.75 Å². The number of piperidine rings is 2. The highest BCUT2D eigenvalue weighted by Crippen LogP contribution is 2.30. The van der Waals surface area contributed by atoms with Crippen molar-refractivity contribution in [2.75, 3.05) is 48.8 Å². The van der Waals surface area contributed by atoms with Crippen LogP contribution in [0.4, 0.5) is 23.1 Å². The number of carbonyl (C=O) groups is 3. The molecule has 13 nitrogen and oxygen atoms in total. The number of hydrogen-bond donors (Lipinski definition) is 4. The molecule has 14 heteroatoms. The molecule has 2 aliphatic heterocycles. The van der Waals surface area contributed by atoms with Crippen LogP contribution in [0.1, 0.15) is 37.2 Å². The Morgan fingerprint density at radius 3 is 2.77 bits per heavy atom. The zero-order valence-corrected chi connectivity index (χ0v) is 27.5. The first-order valence-electron chi connectivity index (χ1n) is 15.9. The Kier molecular flexibility index (Phi) is 9.76. The van der Waals surface area contributed by atoms with Crippen LogP contribution in [0.25, 0.3) is 10.9 Å². The highest BCUT2D eigenvalue weighted by Gasteiger charge is 2.28. The lowest BCUT2D eigenvalue weighted by atomic mass is 9.90. The lowest BCUT2D eigenvalue weighted by molar-refractivity contribution is -0.134. The highest BCUT2D eigenvalue weighted by molar-refractivity contribution is 6.32. The smallest absolute Gasteiger partial charge is 0.293 e. The second-order valence-electron chi connectivity index (χ2n) is 12.1. The van der Waals surface area contributed by atoms with E-state index >= 15 is 0 Å². The van der Waals surface area contributed by atoms with Crippen LogP contribution < -0.4 is 36.5 Å². The van der Waals surface area contributed by atoms with Crippen LogP contribution in [0, 0.1) is 5.92 Å². The lowest BCUT2D eigenvalue weighted by Crippen LogP contribution is -2.39. The summed E-state index contributed by atoms with van der Waals surface area (Å²) in [6.45, 7) is 2.04. The maximum Gasteiger partial charge on any atom is 0.293 e. The molecule has 4 heterocycles. The molecule has 2 aromatic heterocycles. The molecule has 0 spiro atoms. The molecule has 4 aromatic rings. The van der Waals surface area contributed by atoms with E-state index in [1.807, 2.05) is 42.5 Å². The maximum absolute atomic E-state index is 12.7. The van der Waals surface area contributed by atoms with Gasteiger partial charge in [-0.05, 0) is 67.1 Å². The van der Waals surface area contributed by atoms with Gasteiger partial charge in [0.25, 0.3) is 11.5 Å². The molecule has 0 aliphatic carbocycles. The minimum atomic E-state index is -0.341. The Bertz CT molecular complexity index is 1930. The first-order valence-corrected chi connectivity index (χ1v) is 16.3. The number of carbonyl (C=O) groups excluding carboxylic acids is 3. The van der Waals surface area contributed by atoms with Crippen molar-refractivity contribution in [1.82, 2.24) is 25.2 Å². The van der Waals surface area contributed by atoms with Crippen molar-refractivity contribution in [3.63, 3.8) is 0 Å². The summed E-state index contributed by atoms with van der Waals surface area (Å²) in [7, 11) is 3.15. The van der Waals surface area contributed by atoms with Crippen molar-refractivity contribution in [1.29, 1.82) is 0 Å². The molecular weight excluding hydrogens is 636 g/mol. The Hall–Kier alpha value is -5.17. The summed E-state index contributed by atoms with van der Waals surface area (Å²) in [6, 6.07) is 15.0. The van der Waals surface area contributed by atoms with Crippen LogP contribution in [-0.2, 0) is 21.4 Å². The molecule has 2 aliphatic rings. The average molecular weight is 673 g/mol. The van der Waals surface area contributed by atoms with Gasteiger partial charge in [-0.25, -0.2) is 4.98 Å². The van der Waals surface area contributed by atoms with E-state index in [-0.39, 0.29) is 41.6 Å². The maximum atomic E-state index is 12.7. The van der Waals surface area contributed by atoms with E-state index in [1.54, 1.807) is 19.3 Å². The zero-order chi connectivity index (χ0) is 33.8. The number of rotatable bonds is 10. The van der Waals surface area contributed by atoms with Crippen LogP contribution in [-0.4, -0.2) is 65.5 Å². The Morgan fingerprint density at radius 1 is 1.10 bits per heavy atom. The third kappa shape index (κ3) is 7.36. The second kappa shape index (κ2) is 14.3. The molecule has 2 aromatic carbocycles. The predicted octanol–water partition coefficient (Wildman–Crippen LogP) is 3.70. The van der Waals surface area contributed by atoms with Gasteiger partial charge < -0.3 is 30.2 Å². The van der Waals surface area contributed by atoms with E-state index in [2.05, 4.69) is 31.2 Å². The van der Waals surface area contributed by atoms with E-state index in [0.717, 1.165) is 49.1 Å². The number of aromatic nitrogens is 3. The number of likely N-dealkylation sites (N-methyl/N-ethyl adjacent to an activating group) is 1. The van der Waals surface area contributed by atoms with Gasteiger partial charge in [-0.1, -0.05) is 23.7 Å². The summed E-state index contributed by atoms with van der Waals surface area (Å²) in [4.78, 5) is 59.8. The van der Waals surface area contributed by atoms with Gasteiger partial charge in [-0.2, -0.15) is 4.98 Å². The predicted molar refractivity (Wildman–Crippen MR) is 184 cm³/mol. The average Bonchev–Trinajstić information content (AvgIpc) is 3.09. The first-order chi connectivity index (χ1) is 23.2. The number of nitrogens with zero attached hydrogens (tertiary/aromatic N) is 4. The van der Waals surface area contributed by atoms with Gasteiger partial charge in [0, 0.05) is 56.9 Å². The molecule has 48 heavy (non-hydrogen) atoms. The third-order valence-corrected chi connectivity index (χ3v) is 9.02. The molecule has 0 saturated carbocycles. The number of benzene rings is 2. The van der Waals surface area contributed by atoms with Crippen LogP contribution >= 0.6 is 11.6 Å². The van der Waals surface area contributed by atoms with Gasteiger partial charge in [0.2, 0.25) is 17.8 Å². The summed E-state index contributed by atoms with van der Waals surface area (Å²) in [5.41, 5.74) is 2.89. The van der Waals surface area contributed by atoms with Crippen molar-refractivity contribution in [3.8, 4) is 5.75 Å². The van der Waals surface area contributed by atoms with Gasteiger partial charge in [-0.3, -0.25) is 24.5 Å². The van der Waals surface area contributed by atoms with Gasteiger partial charge in [-0.15, -0.1) is 0 Å². The monoisotopic (exact) mass is 672 g/mol. The SMILES string of the molecule is CNC(=O)COc1cc2cc(Nc3nc(N4CCC[C@@H](CNc5cccc([C@@H]6CCC(=O)NC6=O)c5)C4)ncc3Cl)ccc2n(C)c1=O. The standard InChI is InChI=1S/C34H37ClN8O5/c1-36-30(45)19-48-28-15-22-14-24(8-10-27(22)42(2)33(28)47)39-31-26(35)17-38-34(41-31)43-12-4-5-20(18-43)16-37-23-7-3-6-21(13-23)25-9-11-29(44)40-32(25)46/h3,6-8,10,13-15,17,20,25,37H,4-5,9,11-12,16,18-19H2,1-2H3,(H,36,45)(H,38,39,41)(H,40,44,46)/t20-,25-/m0/s1. The van der Waals surface area contributed by atoms with Crippen LogP contribution in [0.15, 0.2) is 59.5 Å². The molecule has 0 unspecified atom stereocenters. The molecular formula is C34H37ClN8O5. The van der Waals surface area contributed by atoms with Gasteiger partial charge in [0.15, 0.2) is 18.2 Å². The zero-order valence-electron chi connectivity index (χ0n) is 26.7. The Balaban J connectivity index is 1.12. The van der Waals surface area contributed by atoms with Gasteiger partial charge in [0.05, 0.1) is 17.6 Å². The molecule has 4 N–H and O–H groups in total. The van der Waals surface area contributed by atoms with Crippen molar-refractivity contribution in [3.05, 3.63) is 75.7 Å². The van der Waals surface area contributed by atoms with Crippen LogP contribution in [0.3, 0.4) is 0 Å². The fourth-order valence-corrected chi connectivity index (χ4v) is 6.28. The summed E-state index contributed by atoms with van der Waals surface area (Å²) in [6.07, 6.45) is 4.47. The molecule has 2 atom stereocenters. The molecule has 2 fully saturated rings. The molecule has 6 rings (SSSR count). The number of nitrogens with one attached hydrogen (secondary N) is 4. The number of aryl methyl sites for hydroxylation is 1. The van der Waals surface area contributed by atoms with Gasteiger partial charge >= 0.3 is 0 Å². The Labute approximate surface area is 282 Å². The first kappa shape index (κ1) is 32.8. The van der Waals surface area contributed by atoms with Gasteiger partial charge in [0.1, 0.15) is 5.02 Å². The van der Waals surface area contributed by atoms with E-state index in [4.69, 9.17) is 21.3 Å². The number of anilines is 4. The lowest BCUT2D eigenvalue weighted by Gasteiger charge is -2.33. The molecule has 0 bridgehead atoms. The molecule has 0 radical (unpaired) electrons. The topological polar surface area (TPSA) is 160 Å². The van der Waals surface area contributed by atoms with Crippen molar-refractivity contribution in [2.45, 2.75) is 31.6 Å². The number of imide groups is 1. The minimum Gasteiger partial charge on any atom is -0.478 e. The van der Waals surface area contributed by atoms with E-state index in [1.165, 1.54) is 11.6 Å². The van der Waals surface area contributed by atoms with Crippen LogP contribution in [0.2, 0.25) is 5.02 Å². The van der Waals surface area contributed by atoms with E-state index < -0.39 is 0 Å². The van der Waals surface area contributed by atoms with E-state index in [9.17, 15) is 19.2 Å². The number of ether oxygens (including phenoxy) is 1. The number of amides is 3. The molecule has 2 saturated heterocycles. The third-order valence-electron chi connectivity index (χ3n) is 8.75. The second-order valence-corrected chi connectivity index (χ2v) is 12.5. The number of halogens is 1. The normalized spacial score (nSPS) is 17.9. The fourth-order valence-electron chi connectivity index (χ4n) is 6.14. The van der Waals surface area contributed by atoms with Crippen molar-refractivity contribution < 1.29 is 19.1 Å². The number of fused-ring (bicyclic) bond motifs is 1. The Morgan fingerprint density at radius 2 is 1.96 bits per heavy atom. The minimum absolute atomic E-state index is 0.0734. The molecule has 3 amide bonds. The summed E-state index contributed by atoms with van der Waals surface area (Å²) in [5.74, 6) is 0.305. The largest absolute Gasteiger partial charge is 0.478 e. The van der Waals surface area contributed by atoms with E-state index in [0.29, 0.717) is 46.8 Å². The summed E-state index contributed by atoms with van der Waals surface area (Å²) < 4.78 is 6.96. The van der Waals surface area contributed by atoms with Crippen molar-refractivity contribution >= 4 is 63.4 Å². The highest BCUT2D eigenvalue weighted by atomic mass is 35.5. The summed E-state index contributed by atoms with van der Waals surface area (Å²) in [5, 5.41) is 12.8. The fraction of sp³-hybridized carbons (Fsp3) is 0.353. The number of hydrogen-bond acceptors (Lipinski definition) is 10. The molecule has 250 valence electrons. The van der Waals surface area contributed by atoms with Crippen molar-refractivity contribution in [2.24, 2.45) is 13.0 Å². The number of pyridine rings is 1.